The molecule has 5 amide bonds. The molecule has 5 fully saturated rings. The first kappa shape index (κ1) is 93.8. The molecule has 0 radical (unpaired) electrons. The summed E-state index contributed by atoms with van der Waals surface area (Å²) >= 11 is 0. The minimum absolute atomic E-state index is 0.00981. The van der Waals surface area contributed by atoms with Gasteiger partial charge in [-0.2, -0.15) is 5.10 Å². The van der Waals surface area contributed by atoms with Gasteiger partial charge in [0.05, 0.1) is 43.3 Å². The third kappa shape index (κ3) is 25.0. The van der Waals surface area contributed by atoms with Crippen LogP contribution in [-0.4, -0.2) is 288 Å². The van der Waals surface area contributed by atoms with E-state index in [1.165, 1.54) is 26.4 Å². The highest BCUT2D eigenvalue weighted by Gasteiger charge is 2.53. The van der Waals surface area contributed by atoms with Crippen molar-refractivity contribution in [3.8, 4) is 11.3 Å². The van der Waals surface area contributed by atoms with Gasteiger partial charge in [0.2, 0.25) is 29.5 Å². The van der Waals surface area contributed by atoms with Gasteiger partial charge in [-0.25, -0.2) is 39.2 Å². The number of methoxy groups -OCH3 is 2. The summed E-state index contributed by atoms with van der Waals surface area (Å²) in [6.07, 6.45) is 16.6. The number of anilines is 2. The number of ether oxygens (including phenoxy) is 6. The van der Waals surface area contributed by atoms with Gasteiger partial charge >= 0.3 is 12.1 Å². The summed E-state index contributed by atoms with van der Waals surface area (Å²) in [5, 5.41) is 46.9. The maximum absolute atomic E-state index is 14.7. The van der Waals surface area contributed by atoms with Crippen LogP contribution >= 0.6 is 0 Å². The van der Waals surface area contributed by atoms with Crippen molar-refractivity contribution < 1.29 is 86.9 Å². The summed E-state index contributed by atoms with van der Waals surface area (Å²) in [5.41, 5.74) is 17.8. The fourth-order valence-corrected chi connectivity index (χ4v) is 17.3. The number of alkyl carbamates (subject to hydrolysis) is 1. The molecule has 10 heterocycles. The van der Waals surface area contributed by atoms with Crippen LogP contribution in [0.5, 0.6) is 0 Å². The van der Waals surface area contributed by atoms with E-state index in [0.29, 0.717) is 177 Å². The zero-order valence-corrected chi connectivity index (χ0v) is 72.2. The van der Waals surface area contributed by atoms with Crippen molar-refractivity contribution in [2.24, 2.45) is 35.3 Å². The van der Waals surface area contributed by atoms with E-state index in [2.05, 4.69) is 45.4 Å². The van der Waals surface area contributed by atoms with Gasteiger partial charge < -0.3 is 90.4 Å². The lowest BCUT2D eigenvalue weighted by Gasteiger charge is -2.42. The van der Waals surface area contributed by atoms with Crippen molar-refractivity contribution in [3.63, 3.8) is 0 Å². The van der Waals surface area contributed by atoms with Crippen LogP contribution in [0.15, 0.2) is 90.8 Å². The highest BCUT2D eigenvalue weighted by Crippen LogP contribution is 2.39. The largest absolute Gasteiger partial charge is 0.459 e. The van der Waals surface area contributed by atoms with Crippen molar-refractivity contribution in [3.05, 3.63) is 96.4 Å². The smallest absolute Gasteiger partial charge is 0.407 e. The number of rotatable bonds is 24. The Morgan fingerprint density at radius 1 is 0.756 bits per heavy atom. The van der Waals surface area contributed by atoms with E-state index in [1.54, 1.807) is 56.3 Å². The second-order valence-electron chi connectivity index (χ2n) is 33.9. The standard InChI is InChI=1S/C88H125N17O18/c1-54-16-10-9-11-17-55(2)69(118-7)47-64-21-19-59(6)88(117,123-64)80(113)84(114)104-29-14-12-18-66(104)85(115)121-70(48-67(106)56(3)43-58(5)78(111)79(112)77(110)57(4)42-54)65(89)44-60-20-22-68(71(45-60)119-8)122-87(116)96-51-61-49-94-86(95-50-61)103-37-35-102(36-38-103)74(109)26-40-120-41-39-100-31-33-101(34-32-100)73(108)24-23-72(107)91-27-13-15-30-105-83-75(81(90)97-53-98-83)76(99-105)63-46-62-25-28-92-82(62)93-52-63/h9-11,16-17,25,28,43,46,49-50,52-54,56-57,59-60,64-66,68-71,78-79,111-112,117H,12-15,18-24,26-27,29-42,44-45,47-48,51,89H2,1-8H3,(H,91,107)(H,92,93)(H,96,116)(H2,90,97,98)/b11-9+,16-10+,55-17+,58-43+/t54-,56-,57-,59-,60+,64+,65-,66+,68-,69+,70+,71-,78-,79+,88-/m1/s1. The number of hydrogen-bond acceptors (Lipinski definition) is 28. The molecule has 0 spiro atoms. The Bertz CT molecular complexity index is 4580. The molecule has 35 nitrogen and oxygen atoms in total. The zero-order chi connectivity index (χ0) is 88.0. The second kappa shape index (κ2) is 44.7. The number of aromatic nitrogens is 8. The maximum atomic E-state index is 14.7. The highest BCUT2D eigenvalue weighted by atomic mass is 16.6. The average Bonchev–Trinajstić information content (AvgIpc) is 1.75. The monoisotopic (exact) mass is 1710 g/mol. The fraction of sp³-hybridized carbons (Fsp3) is 0.625. The number of pyridine rings is 1. The van der Waals surface area contributed by atoms with Crippen LogP contribution in [0, 0.1) is 29.6 Å². The molecule has 35 heteroatoms. The molecule has 0 unspecified atom stereocenters. The number of carbonyl (C=O) groups is 9. The van der Waals surface area contributed by atoms with Crippen molar-refractivity contribution in [1.29, 1.82) is 0 Å². The summed E-state index contributed by atoms with van der Waals surface area (Å²) < 4.78 is 37.9. The number of piperazine rings is 2. The maximum Gasteiger partial charge on any atom is 0.407 e. The molecule has 5 aromatic heterocycles. The number of aromatic amines is 1. The van der Waals surface area contributed by atoms with Gasteiger partial charge in [-0.05, 0) is 126 Å². The van der Waals surface area contributed by atoms with Gasteiger partial charge in [0.15, 0.2) is 11.4 Å². The Kier molecular flexibility index (Phi) is 34.1. The number of piperidine rings is 1. The number of allylic oxidation sites excluding steroid dienone is 6. The molecule has 11 rings (SSSR count). The molecule has 123 heavy (non-hydrogen) atoms. The van der Waals surface area contributed by atoms with Crippen LogP contribution in [0.2, 0.25) is 0 Å². The van der Waals surface area contributed by atoms with Crippen molar-refractivity contribution in [2.75, 3.05) is 110 Å². The Labute approximate surface area is 717 Å². The molecule has 0 aromatic carbocycles. The van der Waals surface area contributed by atoms with Gasteiger partial charge in [-0.15, -0.1) is 0 Å². The Morgan fingerprint density at radius 3 is 2.25 bits per heavy atom. The molecule has 1 aliphatic carbocycles. The quantitative estimate of drug-likeness (QED) is 0.0157. The zero-order valence-electron chi connectivity index (χ0n) is 72.2. The van der Waals surface area contributed by atoms with Crippen molar-refractivity contribution >= 4 is 86.9 Å². The number of nitrogens with two attached hydrogens (primary N) is 2. The van der Waals surface area contributed by atoms with Crippen LogP contribution in [0.25, 0.3) is 33.3 Å². The van der Waals surface area contributed by atoms with Gasteiger partial charge in [-0.1, -0.05) is 64.2 Å². The van der Waals surface area contributed by atoms with Crippen LogP contribution in [-0.2, 0) is 79.9 Å². The highest BCUT2D eigenvalue weighted by molar-refractivity contribution is 6.39. The number of H-pyrrole nitrogens is 1. The lowest BCUT2D eigenvalue weighted by Crippen LogP contribution is -2.61. The number of unbranched alkanes of at least 4 members (excludes halogenated alkanes) is 1. The number of esters is 1. The molecule has 5 aromatic rings. The number of cyclic esters (lactones) is 1. The molecule has 6 aliphatic rings. The summed E-state index contributed by atoms with van der Waals surface area (Å²) in [6.45, 7) is 17.1. The Balaban J connectivity index is 0.585. The minimum Gasteiger partial charge on any atom is -0.459 e. The number of nitrogen functional groups attached to an aromatic ring is 1. The normalized spacial score (nSPS) is 28.5. The predicted molar refractivity (Wildman–Crippen MR) is 456 cm³/mol. The number of nitrogens with one attached hydrogen (secondary N) is 3. The summed E-state index contributed by atoms with van der Waals surface area (Å²) in [5.74, 6) is -8.83. The SMILES string of the molecule is CO[C@H]1C[C@@H]2CC[C@@H](C)[C@@](O)(O2)C(=O)C(=O)N2CCCC[C@H]2C(=O)O[C@H]([C@H](N)C[C@@H]2CC[C@@H](OC(=O)NCc3cnc(N4CCN(C(=O)CCOCCN5CCN(C(=O)CCC(=O)NCCCCn6nc(-c7cnc8[nH]ccc8c7)c7c(N)ncnc76)CC5)CC4)nc3)[C@H](OC)C2)CC(=O)[C@H](C)/C=C(\C)[C@@H](O)[C@@H](O)C(=O)[C@H](C)C[C@H](C)/C=C/C=C/C=C/1C. The summed E-state index contributed by atoms with van der Waals surface area (Å²) in [6, 6.07) is 1.66. The first-order valence-electron chi connectivity index (χ1n) is 43.5. The van der Waals surface area contributed by atoms with E-state index in [1.807, 2.05) is 72.1 Å². The minimum atomic E-state index is -2.52. The number of carbonyl (C=O) groups excluding carboxylic acids is 9. The van der Waals surface area contributed by atoms with Gasteiger partial charge in [0.1, 0.15) is 59.7 Å². The lowest BCUT2D eigenvalue weighted by molar-refractivity contribution is -0.265. The first-order valence-corrected chi connectivity index (χ1v) is 43.5. The molecule has 10 N–H and O–H groups in total. The van der Waals surface area contributed by atoms with E-state index < -0.39 is 120 Å². The van der Waals surface area contributed by atoms with Gasteiger partial charge in [-0.3, -0.25) is 38.5 Å². The van der Waals surface area contributed by atoms with E-state index >= 15 is 0 Å². The summed E-state index contributed by atoms with van der Waals surface area (Å²) in [7, 11) is 3.06. The third-order valence-corrected chi connectivity index (χ3v) is 24.9. The van der Waals surface area contributed by atoms with Crippen LogP contribution in [0.4, 0.5) is 16.6 Å². The number of hydrogen-bond donors (Lipinski definition) is 8. The molecule has 15 atom stereocenters. The first-order chi connectivity index (χ1) is 59.1. The van der Waals surface area contributed by atoms with Gasteiger partial charge in [0, 0.05) is 190 Å². The number of Topliss-reactive ketones (excluding diaryl/α,β-unsaturated/α-hetero) is 3. The van der Waals surface area contributed by atoms with Gasteiger partial charge in [0.25, 0.3) is 11.7 Å². The number of nitrogens with zero attached hydrogens (tertiary/aromatic N) is 12. The predicted octanol–water partition coefficient (Wildman–Crippen LogP) is 5.78. The van der Waals surface area contributed by atoms with Crippen LogP contribution in [0.3, 0.4) is 0 Å². The number of fused-ring (bicyclic) bond motifs is 5. The number of amides is 5. The number of aliphatic hydroxyl groups is 3. The molecular weight excluding hydrogens is 1580 g/mol. The molecule has 1 saturated carbocycles. The lowest BCUT2D eigenvalue weighted by atomic mass is 9.80. The van der Waals surface area contributed by atoms with E-state index in [4.69, 9.17) is 45.0 Å². The van der Waals surface area contributed by atoms with E-state index in [9.17, 15) is 58.5 Å². The topological polar surface area (TPSA) is 460 Å². The number of aryl methyl sites for hydroxylation is 1. The Hall–Kier alpha value is -9.85. The molecular formula is C88H125N17O18. The second-order valence-corrected chi connectivity index (χ2v) is 33.9. The molecule has 5 aliphatic heterocycles. The summed E-state index contributed by atoms with van der Waals surface area (Å²) in [4.78, 5) is 159. The molecule has 4 saturated heterocycles. The number of aliphatic hydroxyl groups excluding tert-OH is 2. The van der Waals surface area contributed by atoms with E-state index in [-0.39, 0.29) is 93.4 Å². The third-order valence-electron chi connectivity index (χ3n) is 24.9. The Morgan fingerprint density at radius 2 is 1.50 bits per heavy atom. The van der Waals surface area contributed by atoms with Crippen molar-refractivity contribution in [1.82, 2.24) is 69.9 Å². The van der Waals surface area contributed by atoms with E-state index in [0.717, 1.165) is 27.1 Å². The van der Waals surface area contributed by atoms with Crippen LogP contribution in [0.1, 0.15) is 156 Å². The molecule has 670 valence electrons. The van der Waals surface area contributed by atoms with Crippen LogP contribution < -0.4 is 27.0 Å². The van der Waals surface area contributed by atoms with Crippen molar-refractivity contribution in [2.45, 2.75) is 224 Å². The number of ketones is 3. The average molecular weight is 1710 g/mol. The molecule has 2 bridgehead atoms. The fourth-order valence-electron chi connectivity index (χ4n) is 17.3.